The maximum Gasteiger partial charge on any atom is 0.106 e. The highest BCUT2D eigenvalue weighted by atomic mass is 79.9. The topological polar surface area (TPSA) is 33.1 Å². The van der Waals surface area contributed by atoms with E-state index in [0.717, 1.165) is 10.2 Å². The lowest BCUT2D eigenvalue weighted by atomic mass is 10.2. The molecule has 0 aliphatic rings. The van der Waals surface area contributed by atoms with Gasteiger partial charge in [0.25, 0.3) is 0 Å². The minimum absolute atomic E-state index is 0.197. The number of aliphatic hydroxyl groups is 1. The van der Waals surface area contributed by atoms with Crippen molar-refractivity contribution in [1.29, 1.82) is 0 Å². The average molecular weight is 228 g/mol. The summed E-state index contributed by atoms with van der Waals surface area (Å²) in [5.74, 6) is 0. The summed E-state index contributed by atoms with van der Waals surface area (Å²) in [7, 11) is 0. The highest BCUT2D eigenvalue weighted by Crippen LogP contribution is 2.09. The van der Waals surface area contributed by atoms with Gasteiger partial charge in [0.1, 0.15) is 4.60 Å². The van der Waals surface area contributed by atoms with Crippen LogP contribution in [0.3, 0.4) is 0 Å². The molecule has 0 bridgehead atoms. The predicted molar refractivity (Wildman–Crippen MR) is 52.7 cm³/mol. The second kappa shape index (κ2) is 5.06. The van der Waals surface area contributed by atoms with Crippen molar-refractivity contribution in [2.45, 2.75) is 6.42 Å². The molecule has 0 spiro atoms. The molecule has 2 nitrogen and oxygen atoms in total. The van der Waals surface area contributed by atoms with E-state index in [1.807, 2.05) is 24.3 Å². The Morgan fingerprint density at radius 1 is 1.58 bits per heavy atom. The van der Waals surface area contributed by atoms with Gasteiger partial charge in [-0.1, -0.05) is 12.2 Å². The van der Waals surface area contributed by atoms with Crippen molar-refractivity contribution in [1.82, 2.24) is 4.98 Å². The van der Waals surface area contributed by atoms with Crippen LogP contribution in [0.4, 0.5) is 0 Å². The minimum atomic E-state index is 0.197. The minimum Gasteiger partial charge on any atom is -0.396 e. The monoisotopic (exact) mass is 227 g/mol. The van der Waals surface area contributed by atoms with Crippen molar-refractivity contribution in [2.24, 2.45) is 0 Å². The zero-order valence-corrected chi connectivity index (χ0v) is 8.16. The van der Waals surface area contributed by atoms with Crippen LogP contribution in [-0.4, -0.2) is 16.7 Å². The molecule has 0 aromatic carbocycles. The Hall–Kier alpha value is -0.670. The number of halogens is 1. The Bertz CT molecular complexity index is 273. The standard InChI is InChI=1S/C9H10BrNO/c10-9-7-8(4-5-11-9)3-1-2-6-12/h1,3-5,7,12H,2,6H2. The van der Waals surface area contributed by atoms with Crippen LogP contribution in [0.1, 0.15) is 12.0 Å². The van der Waals surface area contributed by atoms with Crippen LogP contribution < -0.4 is 0 Å². The first-order valence-electron chi connectivity index (χ1n) is 3.72. The molecular formula is C9H10BrNO. The lowest BCUT2D eigenvalue weighted by Gasteiger charge is -1.92. The molecule has 0 fully saturated rings. The molecule has 0 aliphatic carbocycles. The fourth-order valence-electron chi connectivity index (χ4n) is 0.815. The Kier molecular flexibility index (Phi) is 3.97. The molecule has 0 saturated heterocycles. The van der Waals surface area contributed by atoms with E-state index >= 15 is 0 Å². The zero-order valence-electron chi connectivity index (χ0n) is 6.57. The van der Waals surface area contributed by atoms with Crippen LogP contribution in [0.15, 0.2) is 29.0 Å². The number of aliphatic hydroxyl groups excluding tert-OH is 1. The SMILES string of the molecule is OCCC=Cc1ccnc(Br)c1. The number of aromatic nitrogens is 1. The van der Waals surface area contributed by atoms with Crippen molar-refractivity contribution in [3.05, 3.63) is 34.6 Å². The number of hydrogen-bond donors (Lipinski definition) is 1. The Balaban J connectivity index is 2.63. The molecule has 1 aromatic heterocycles. The quantitative estimate of drug-likeness (QED) is 0.804. The fourth-order valence-corrected chi connectivity index (χ4v) is 1.20. The largest absolute Gasteiger partial charge is 0.396 e. The zero-order chi connectivity index (χ0) is 8.81. The van der Waals surface area contributed by atoms with Crippen LogP contribution in [-0.2, 0) is 0 Å². The normalized spacial score (nSPS) is 10.8. The van der Waals surface area contributed by atoms with Crippen LogP contribution >= 0.6 is 15.9 Å². The molecule has 1 aromatic rings. The third kappa shape index (κ3) is 3.15. The van der Waals surface area contributed by atoms with E-state index < -0.39 is 0 Å². The van der Waals surface area contributed by atoms with Crippen LogP contribution in [0.25, 0.3) is 6.08 Å². The number of hydrogen-bond acceptors (Lipinski definition) is 2. The van der Waals surface area contributed by atoms with E-state index in [0.29, 0.717) is 6.42 Å². The Morgan fingerprint density at radius 2 is 2.42 bits per heavy atom. The van der Waals surface area contributed by atoms with Crippen LogP contribution in [0.2, 0.25) is 0 Å². The van der Waals surface area contributed by atoms with Gasteiger partial charge in [-0.2, -0.15) is 0 Å². The molecular weight excluding hydrogens is 218 g/mol. The van der Waals surface area contributed by atoms with E-state index in [4.69, 9.17) is 5.11 Å². The predicted octanol–water partition coefficient (Wildman–Crippen LogP) is 2.24. The van der Waals surface area contributed by atoms with E-state index in [9.17, 15) is 0 Å². The van der Waals surface area contributed by atoms with Crippen molar-refractivity contribution >= 4 is 22.0 Å². The molecule has 3 heteroatoms. The summed E-state index contributed by atoms with van der Waals surface area (Å²) in [5.41, 5.74) is 1.09. The van der Waals surface area contributed by atoms with E-state index in [-0.39, 0.29) is 6.61 Å². The molecule has 1 rings (SSSR count). The molecule has 0 aliphatic heterocycles. The fraction of sp³-hybridized carbons (Fsp3) is 0.222. The third-order valence-electron chi connectivity index (χ3n) is 1.36. The van der Waals surface area contributed by atoms with Crippen molar-refractivity contribution in [3.63, 3.8) is 0 Å². The molecule has 0 atom stereocenters. The Morgan fingerprint density at radius 3 is 3.08 bits per heavy atom. The second-order valence-electron chi connectivity index (χ2n) is 2.33. The van der Waals surface area contributed by atoms with Gasteiger partial charge in [0.15, 0.2) is 0 Å². The smallest absolute Gasteiger partial charge is 0.106 e. The lowest BCUT2D eigenvalue weighted by Crippen LogP contribution is -1.78. The van der Waals surface area contributed by atoms with E-state index in [2.05, 4.69) is 20.9 Å². The lowest BCUT2D eigenvalue weighted by molar-refractivity contribution is 0.303. The summed E-state index contributed by atoms with van der Waals surface area (Å²) in [6, 6.07) is 3.84. The second-order valence-corrected chi connectivity index (χ2v) is 3.14. The first-order chi connectivity index (χ1) is 5.83. The first-order valence-corrected chi connectivity index (χ1v) is 4.51. The number of pyridine rings is 1. The van der Waals surface area contributed by atoms with Gasteiger partial charge in [-0.05, 0) is 40.0 Å². The van der Waals surface area contributed by atoms with Crippen molar-refractivity contribution in [2.75, 3.05) is 6.61 Å². The van der Waals surface area contributed by atoms with E-state index in [1.165, 1.54) is 0 Å². The maximum absolute atomic E-state index is 8.53. The molecule has 0 saturated carbocycles. The summed E-state index contributed by atoms with van der Waals surface area (Å²) >= 11 is 3.28. The molecule has 0 radical (unpaired) electrons. The highest BCUT2D eigenvalue weighted by molar-refractivity contribution is 9.10. The van der Waals surface area contributed by atoms with Crippen LogP contribution in [0.5, 0.6) is 0 Å². The van der Waals surface area contributed by atoms with Crippen LogP contribution in [0, 0.1) is 0 Å². The number of rotatable bonds is 3. The van der Waals surface area contributed by atoms with Gasteiger partial charge in [-0.3, -0.25) is 0 Å². The average Bonchev–Trinajstić information content (AvgIpc) is 2.05. The summed E-state index contributed by atoms with van der Waals surface area (Å²) in [6.45, 7) is 0.197. The van der Waals surface area contributed by atoms with E-state index in [1.54, 1.807) is 6.20 Å². The molecule has 64 valence electrons. The molecule has 1 heterocycles. The molecule has 0 amide bonds. The van der Waals surface area contributed by atoms with Crippen molar-refractivity contribution in [3.8, 4) is 0 Å². The summed E-state index contributed by atoms with van der Waals surface area (Å²) in [5, 5.41) is 8.53. The summed E-state index contributed by atoms with van der Waals surface area (Å²) in [4.78, 5) is 4.00. The Labute approximate surface area is 80.1 Å². The van der Waals surface area contributed by atoms with Gasteiger partial charge in [0.05, 0.1) is 0 Å². The number of nitrogens with zero attached hydrogens (tertiary/aromatic N) is 1. The summed E-state index contributed by atoms with van der Waals surface area (Å²) < 4.78 is 0.827. The summed E-state index contributed by atoms with van der Waals surface area (Å²) in [6.07, 6.45) is 6.33. The van der Waals surface area contributed by atoms with Gasteiger partial charge in [-0.25, -0.2) is 4.98 Å². The van der Waals surface area contributed by atoms with Gasteiger partial charge < -0.3 is 5.11 Å². The molecule has 12 heavy (non-hydrogen) atoms. The van der Waals surface area contributed by atoms with Crippen molar-refractivity contribution < 1.29 is 5.11 Å². The maximum atomic E-state index is 8.53. The highest BCUT2D eigenvalue weighted by Gasteiger charge is 1.88. The van der Waals surface area contributed by atoms with Gasteiger partial charge in [-0.15, -0.1) is 0 Å². The third-order valence-corrected chi connectivity index (χ3v) is 1.79. The first kappa shape index (κ1) is 9.42. The molecule has 0 unspecified atom stereocenters. The van der Waals surface area contributed by atoms with Gasteiger partial charge in [0.2, 0.25) is 0 Å². The van der Waals surface area contributed by atoms with Gasteiger partial charge >= 0.3 is 0 Å². The van der Waals surface area contributed by atoms with Gasteiger partial charge in [0, 0.05) is 12.8 Å². The molecule has 1 N–H and O–H groups in total.